The molecule has 0 bridgehead atoms. The Morgan fingerprint density at radius 3 is 2.57 bits per heavy atom. The highest BCUT2D eigenvalue weighted by Crippen LogP contribution is 2.32. The molecule has 1 aromatic heterocycles. The molecule has 190 valence electrons. The van der Waals surface area contributed by atoms with Gasteiger partial charge >= 0.3 is 12.2 Å². The van der Waals surface area contributed by atoms with Gasteiger partial charge in [-0.15, -0.1) is 0 Å². The summed E-state index contributed by atoms with van der Waals surface area (Å²) in [5.74, 6) is 0.0703. The van der Waals surface area contributed by atoms with Crippen molar-refractivity contribution in [2.24, 2.45) is 0 Å². The molecule has 1 saturated carbocycles. The van der Waals surface area contributed by atoms with E-state index in [1.165, 1.54) is 12.1 Å². The minimum atomic E-state index is -4.45. The molecule has 1 aliphatic heterocycles. The van der Waals surface area contributed by atoms with Crippen molar-refractivity contribution in [1.82, 2.24) is 30.6 Å². The lowest BCUT2D eigenvalue weighted by molar-refractivity contribution is -0.137. The predicted molar refractivity (Wildman–Crippen MR) is 120 cm³/mol. The van der Waals surface area contributed by atoms with Crippen LogP contribution in [0.1, 0.15) is 50.1 Å². The summed E-state index contributed by atoms with van der Waals surface area (Å²) in [4.78, 5) is 32.6. The van der Waals surface area contributed by atoms with Crippen LogP contribution in [0.15, 0.2) is 28.8 Å². The number of carbonyl (C=O) groups excluding carboxylic acids is 2. The second-order valence-electron chi connectivity index (χ2n) is 9.03. The topological polar surface area (TPSA) is 104 Å². The molecule has 1 aromatic carbocycles. The normalized spacial score (nSPS) is 19.0. The zero-order valence-electron chi connectivity index (χ0n) is 19.5. The van der Waals surface area contributed by atoms with Gasteiger partial charge in [0.2, 0.25) is 17.6 Å². The van der Waals surface area contributed by atoms with E-state index >= 15 is 0 Å². The summed E-state index contributed by atoms with van der Waals surface area (Å²) < 4.78 is 44.3. The van der Waals surface area contributed by atoms with Gasteiger partial charge in [0.15, 0.2) is 0 Å². The van der Waals surface area contributed by atoms with Crippen molar-refractivity contribution < 1.29 is 27.3 Å². The van der Waals surface area contributed by atoms with Crippen LogP contribution in [0.25, 0.3) is 11.4 Å². The number of nitrogens with zero attached hydrogens (tertiary/aromatic N) is 4. The molecule has 2 aliphatic rings. The van der Waals surface area contributed by atoms with E-state index in [9.17, 15) is 22.8 Å². The molecular weight excluding hydrogens is 465 g/mol. The Balaban J connectivity index is 1.26. The molecule has 0 spiro atoms. The minimum absolute atomic E-state index is 0.101. The molecule has 2 aromatic rings. The van der Waals surface area contributed by atoms with Crippen molar-refractivity contribution in [3.63, 3.8) is 0 Å². The summed E-state index contributed by atoms with van der Waals surface area (Å²) in [6, 6.07) is 4.27. The van der Waals surface area contributed by atoms with Crippen LogP contribution in [0.2, 0.25) is 0 Å². The van der Waals surface area contributed by atoms with Gasteiger partial charge in [0.25, 0.3) is 0 Å². The van der Waals surface area contributed by atoms with E-state index in [-0.39, 0.29) is 35.9 Å². The first-order valence-electron chi connectivity index (χ1n) is 11.8. The van der Waals surface area contributed by atoms with Crippen LogP contribution in [0.4, 0.5) is 18.0 Å². The van der Waals surface area contributed by atoms with Gasteiger partial charge in [0, 0.05) is 37.8 Å². The third-order valence-corrected chi connectivity index (χ3v) is 6.51. The highest BCUT2D eigenvalue weighted by Gasteiger charge is 2.31. The van der Waals surface area contributed by atoms with Gasteiger partial charge in [-0.2, -0.15) is 18.2 Å². The number of alkyl halides is 3. The van der Waals surface area contributed by atoms with Crippen molar-refractivity contribution in [3.8, 4) is 11.4 Å². The van der Waals surface area contributed by atoms with E-state index in [0.717, 1.165) is 37.8 Å². The van der Waals surface area contributed by atoms with E-state index in [2.05, 4.69) is 25.7 Å². The molecule has 35 heavy (non-hydrogen) atoms. The number of rotatable bonds is 6. The average Bonchev–Trinajstić information content (AvgIpc) is 3.51. The van der Waals surface area contributed by atoms with E-state index in [1.54, 1.807) is 0 Å². The molecule has 2 fully saturated rings. The summed E-state index contributed by atoms with van der Waals surface area (Å²) >= 11 is 0. The fourth-order valence-electron chi connectivity index (χ4n) is 4.48. The SMILES string of the molecule is C[C@@H](c1nc(-c2cccc(C(F)(F)F)c2)no1)N1CCN(CC(=O)NC(=O)NC2CCCC2)CC1. The van der Waals surface area contributed by atoms with Gasteiger partial charge in [0.1, 0.15) is 0 Å². The Morgan fingerprint density at radius 1 is 1.17 bits per heavy atom. The van der Waals surface area contributed by atoms with Crippen molar-refractivity contribution >= 4 is 11.9 Å². The second-order valence-corrected chi connectivity index (χ2v) is 9.03. The number of piperazine rings is 1. The van der Waals surface area contributed by atoms with Crippen LogP contribution in [-0.4, -0.2) is 70.6 Å². The molecule has 1 aliphatic carbocycles. The fraction of sp³-hybridized carbons (Fsp3) is 0.565. The number of nitrogens with one attached hydrogen (secondary N) is 2. The van der Waals surface area contributed by atoms with E-state index < -0.39 is 17.8 Å². The quantitative estimate of drug-likeness (QED) is 0.636. The fourth-order valence-corrected chi connectivity index (χ4v) is 4.48. The van der Waals surface area contributed by atoms with Gasteiger partial charge in [-0.05, 0) is 31.9 Å². The summed E-state index contributed by atoms with van der Waals surface area (Å²) in [5.41, 5.74) is -0.541. The van der Waals surface area contributed by atoms with Crippen LogP contribution in [0.3, 0.4) is 0 Å². The first-order chi connectivity index (χ1) is 16.7. The number of hydrogen-bond acceptors (Lipinski definition) is 7. The number of carbonyl (C=O) groups is 2. The van der Waals surface area contributed by atoms with Gasteiger partial charge in [-0.25, -0.2) is 4.79 Å². The Bertz CT molecular complexity index is 1030. The van der Waals surface area contributed by atoms with Gasteiger partial charge in [0.05, 0.1) is 18.2 Å². The van der Waals surface area contributed by atoms with Crippen molar-refractivity contribution in [2.75, 3.05) is 32.7 Å². The van der Waals surface area contributed by atoms with Crippen molar-refractivity contribution in [1.29, 1.82) is 0 Å². The molecule has 4 rings (SSSR count). The van der Waals surface area contributed by atoms with Gasteiger partial charge < -0.3 is 9.84 Å². The first-order valence-corrected chi connectivity index (χ1v) is 11.8. The lowest BCUT2D eigenvalue weighted by atomic mass is 10.1. The average molecular weight is 495 g/mol. The maximum absolute atomic E-state index is 13.0. The molecule has 0 radical (unpaired) electrons. The number of amides is 3. The van der Waals surface area contributed by atoms with E-state index in [0.29, 0.717) is 32.1 Å². The first kappa shape index (κ1) is 25.1. The van der Waals surface area contributed by atoms with Gasteiger partial charge in [-0.1, -0.05) is 30.1 Å². The Kier molecular flexibility index (Phi) is 7.70. The Morgan fingerprint density at radius 2 is 1.89 bits per heavy atom. The van der Waals surface area contributed by atoms with Gasteiger partial charge in [-0.3, -0.25) is 19.9 Å². The maximum atomic E-state index is 13.0. The van der Waals surface area contributed by atoms with Crippen molar-refractivity contribution in [3.05, 3.63) is 35.7 Å². The number of hydrogen-bond donors (Lipinski definition) is 2. The summed E-state index contributed by atoms with van der Waals surface area (Å²) in [5, 5.41) is 9.09. The molecule has 0 unspecified atom stereocenters. The molecular formula is C23H29F3N6O3. The lowest BCUT2D eigenvalue weighted by Gasteiger charge is -2.36. The van der Waals surface area contributed by atoms with Crippen LogP contribution < -0.4 is 10.6 Å². The summed E-state index contributed by atoms with van der Waals surface area (Å²) in [6.07, 6.45) is -0.367. The van der Waals surface area contributed by atoms with Crippen LogP contribution >= 0.6 is 0 Å². The molecule has 2 heterocycles. The number of urea groups is 1. The Labute approximate surface area is 201 Å². The van der Waals surface area contributed by atoms with E-state index in [4.69, 9.17) is 4.52 Å². The predicted octanol–water partition coefficient (Wildman–Crippen LogP) is 3.20. The number of benzene rings is 1. The summed E-state index contributed by atoms with van der Waals surface area (Å²) in [6.45, 7) is 4.49. The third-order valence-electron chi connectivity index (χ3n) is 6.51. The van der Waals surface area contributed by atoms with Crippen LogP contribution in [0.5, 0.6) is 0 Å². The second kappa shape index (κ2) is 10.7. The molecule has 3 amide bonds. The third kappa shape index (κ3) is 6.57. The smallest absolute Gasteiger partial charge is 0.337 e. The largest absolute Gasteiger partial charge is 0.416 e. The summed E-state index contributed by atoms with van der Waals surface area (Å²) in [7, 11) is 0. The Hall–Kier alpha value is -2.99. The molecule has 12 heteroatoms. The zero-order chi connectivity index (χ0) is 25.0. The number of imide groups is 1. The minimum Gasteiger partial charge on any atom is -0.337 e. The molecule has 1 saturated heterocycles. The molecule has 9 nitrogen and oxygen atoms in total. The number of halogens is 3. The van der Waals surface area contributed by atoms with E-state index in [1.807, 2.05) is 11.8 Å². The zero-order valence-corrected chi connectivity index (χ0v) is 19.5. The van der Waals surface area contributed by atoms with Crippen LogP contribution in [-0.2, 0) is 11.0 Å². The molecule has 1 atom stereocenters. The standard InChI is InChI=1S/C23H29F3N6O3/c1-15(21-29-20(30-35-21)16-5-4-6-17(13-16)23(24,25)26)32-11-9-31(10-12-32)14-19(33)28-22(34)27-18-7-2-3-8-18/h4-6,13,15,18H,2-3,7-12,14H2,1H3,(H2,27,28,33,34)/t15-/m0/s1. The number of aromatic nitrogens is 2. The van der Waals surface area contributed by atoms with Crippen molar-refractivity contribution in [2.45, 2.75) is 50.9 Å². The maximum Gasteiger partial charge on any atom is 0.416 e. The lowest BCUT2D eigenvalue weighted by Crippen LogP contribution is -2.52. The highest BCUT2D eigenvalue weighted by molar-refractivity contribution is 5.95. The monoisotopic (exact) mass is 494 g/mol. The van der Waals surface area contributed by atoms with Crippen LogP contribution in [0, 0.1) is 0 Å². The molecule has 2 N–H and O–H groups in total. The highest BCUT2D eigenvalue weighted by atomic mass is 19.4.